The van der Waals surface area contributed by atoms with Crippen molar-refractivity contribution in [2.24, 2.45) is 0 Å². The number of hydrogen-bond acceptors (Lipinski definition) is 7. The number of hydrogen-bond donors (Lipinski definition) is 3. The molecule has 0 saturated heterocycles. The SMILES string of the molecule is Oc1cccc(Nc2nc3cc(-c4nn[nH]n4)ccc3c3sccc23)c1. The van der Waals surface area contributed by atoms with Crippen molar-refractivity contribution in [1.82, 2.24) is 25.6 Å². The molecule has 7 nitrogen and oxygen atoms in total. The largest absolute Gasteiger partial charge is 0.508 e. The fraction of sp³-hybridized carbons (Fsp3) is 0. The third-order valence-electron chi connectivity index (χ3n) is 4.11. The molecule has 0 aliphatic heterocycles. The summed E-state index contributed by atoms with van der Waals surface area (Å²) in [7, 11) is 0. The zero-order chi connectivity index (χ0) is 17.5. The van der Waals surface area contributed by atoms with Gasteiger partial charge in [-0.15, -0.1) is 21.5 Å². The van der Waals surface area contributed by atoms with Crippen LogP contribution in [0.4, 0.5) is 11.5 Å². The van der Waals surface area contributed by atoms with Crippen molar-refractivity contribution >= 4 is 43.8 Å². The molecule has 0 radical (unpaired) electrons. The van der Waals surface area contributed by atoms with Crippen molar-refractivity contribution in [2.45, 2.75) is 0 Å². The van der Waals surface area contributed by atoms with Crippen molar-refractivity contribution in [3.8, 4) is 17.1 Å². The summed E-state index contributed by atoms with van der Waals surface area (Å²) < 4.78 is 1.15. The first-order valence-corrected chi connectivity index (χ1v) is 8.77. The van der Waals surface area contributed by atoms with E-state index < -0.39 is 0 Å². The zero-order valence-electron chi connectivity index (χ0n) is 13.3. The summed E-state index contributed by atoms with van der Waals surface area (Å²) in [6.45, 7) is 0. The Hall–Kier alpha value is -3.52. The molecule has 0 amide bonds. The average molecular weight is 360 g/mol. The molecule has 0 unspecified atom stereocenters. The van der Waals surface area contributed by atoms with Crippen LogP contribution < -0.4 is 5.32 Å². The lowest BCUT2D eigenvalue weighted by atomic mass is 10.1. The van der Waals surface area contributed by atoms with E-state index in [0.717, 1.165) is 38.1 Å². The number of pyridine rings is 1. The number of H-pyrrole nitrogens is 1. The van der Waals surface area contributed by atoms with Crippen LogP contribution in [0.2, 0.25) is 0 Å². The van der Waals surface area contributed by atoms with Crippen LogP contribution >= 0.6 is 11.3 Å². The van der Waals surface area contributed by atoms with Gasteiger partial charge in [0, 0.05) is 32.8 Å². The Morgan fingerprint density at radius 1 is 1.04 bits per heavy atom. The standard InChI is InChI=1S/C18H12N6OS/c25-12-3-1-2-11(9-12)19-18-14-6-7-26-16(14)13-5-4-10(8-15(13)20-18)17-21-23-24-22-17/h1-9,25H,(H,19,20)(H,21,22,23,24). The Morgan fingerprint density at radius 2 is 2.00 bits per heavy atom. The Kier molecular flexibility index (Phi) is 3.29. The van der Waals surface area contributed by atoms with E-state index in [4.69, 9.17) is 4.98 Å². The molecule has 0 aliphatic rings. The van der Waals surface area contributed by atoms with Gasteiger partial charge in [0.2, 0.25) is 5.82 Å². The number of rotatable bonds is 3. The molecular weight excluding hydrogens is 348 g/mol. The molecule has 0 aliphatic carbocycles. The number of aromatic amines is 1. The molecule has 3 N–H and O–H groups in total. The predicted octanol–water partition coefficient (Wildman–Crippen LogP) is 4.08. The first-order chi connectivity index (χ1) is 12.8. The van der Waals surface area contributed by atoms with Crippen LogP contribution in [0.3, 0.4) is 0 Å². The quantitative estimate of drug-likeness (QED) is 0.448. The lowest BCUT2D eigenvalue weighted by Crippen LogP contribution is -1.95. The summed E-state index contributed by atoms with van der Waals surface area (Å²) in [5, 5.41) is 31.3. The van der Waals surface area contributed by atoms with Gasteiger partial charge in [-0.1, -0.05) is 18.2 Å². The molecule has 0 fully saturated rings. The maximum absolute atomic E-state index is 9.70. The first-order valence-electron chi connectivity index (χ1n) is 7.89. The van der Waals surface area contributed by atoms with Gasteiger partial charge in [0.05, 0.1) is 5.52 Å². The number of nitrogens with one attached hydrogen (secondary N) is 2. The number of fused-ring (bicyclic) bond motifs is 3. The molecule has 0 bridgehead atoms. The van der Waals surface area contributed by atoms with E-state index in [9.17, 15) is 5.11 Å². The van der Waals surface area contributed by atoms with Gasteiger partial charge < -0.3 is 10.4 Å². The van der Waals surface area contributed by atoms with E-state index in [1.54, 1.807) is 29.5 Å². The van der Waals surface area contributed by atoms with Crippen molar-refractivity contribution in [2.75, 3.05) is 5.32 Å². The minimum Gasteiger partial charge on any atom is -0.508 e. The van der Waals surface area contributed by atoms with Gasteiger partial charge in [-0.3, -0.25) is 0 Å². The number of tetrazole rings is 1. The van der Waals surface area contributed by atoms with Crippen molar-refractivity contribution < 1.29 is 5.11 Å². The van der Waals surface area contributed by atoms with Gasteiger partial charge in [0.1, 0.15) is 11.6 Å². The number of benzene rings is 2. The van der Waals surface area contributed by atoms with E-state index in [1.807, 2.05) is 35.7 Å². The monoisotopic (exact) mass is 360 g/mol. The second-order valence-corrected chi connectivity index (χ2v) is 6.68. The lowest BCUT2D eigenvalue weighted by molar-refractivity contribution is 0.475. The molecule has 0 saturated carbocycles. The number of anilines is 2. The zero-order valence-corrected chi connectivity index (χ0v) is 14.2. The number of phenolic OH excluding ortho intramolecular Hbond substituents is 1. The highest BCUT2D eigenvalue weighted by molar-refractivity contribution is 7.18. The van der Waals surface area contributed by atoms with E-state index in [-0.39, 0.29) is 5.75 Å². The van der Waals surface area contributed by atoms with Gasteiger partial charge in [-0.2, -0.15) is 5.21 Å². The molecule has 0 atom stereocenters. The molecule has 5 rings (SSSR count). The second-order valence-electron chi connectivity index (χ2n) is 5.77. The molecule has 0 spiro atoms. The molecule has 26 heavy (non-hydrogen) atoms. The molecular formula is C18H12N6OS. The minimum absolute atomic E-state index is 0.205. The summed E-state index contributed by atoms with van der Waals surface area (Å²) in [6.07, 6.45) is 0. The van der Waals surface area contributed by atoms with Gasteiger partial charge >= 0.3 is 0 Å². The van der Waals surface area contributed by atoms with Crippen molar-refractivity contribution in [3.05, 3.63) is 53.9 Å². The number of nitrogens with zero attached hydrogens (tertiary/aromatic N) is 4. The average Bonchev–Trinajstić information content (AvgIpc) is 3.33. The summed E-state index contributed by atoms with van der Waals surface area (Å²) in [5.41, 5.74) is 2.46. The molecule has 3 heterocycles. The summed E-state index contributed by atoms with van der Waals surface area (Å²) in [6, 6.07) is 15.0. The summed E-state index contributed by atoms with van der Waals surface area (Å²) in [4.78, 5) is 4.80. The summed E-state index contributed by atoms with van der Waals surface area (Å²) in [5.74, 6) is 1.48. The molecule has 8 heteroatoms. The lowest BCUT2D eigenvalue weighted by Gasteiger charge is -2.10. The highest BCUT2D eigenvalue weighted by Gasteiger charge is 2.12. The Balaban J connectivity index is 1.69. The Labute approximate surface area is 151 Å². The third-order valence-corrected chi connectivity index (χ3v) is 5.06. The summed E-state index contributed by atoms with van der Waals surface area (Å²) >= 11 is 1.67. The van der Waals surface area contributed by atoms with Crippen LogP contribution in [-0.4, -0.2) is 30.7 Å². The molecule has 2 aromatic carbocycles. The van der Waals surface area contributed by atoms with E-state index in [2.05, 4.69) is 25.9 Å². The van der Waals surface area contributed by atoms with Gasteiger partial charge in [0.15, 0.2) is 0 Å². The topological polar surface area (TPSA) is 99.6 Å². The highest BCUT2D eigenvalue weighted by atomic mass is 32.1. The maximum atomic E-state index is 9.70. The fourth-order valence-corrected chi connectivity index (χ4v) is 3.87. The fourth-order valence-electron chi connectivity index (χ4n) is 2.94. The number of aromatic hydroxyl groups is 1. The van der Waals surface area contributed by atoms with Crippen LogP contribution in [0.25, 0.3) is 32.4 Å². The van der Waals surface area contributed by atoms with E-state index in [0.29, 0.717) is 5.82 Å². The van der Waals surface area contributed by atoms with Gasteiger partial charge in [0.25, 0.3) is 0 Å². The number of thiophene rings is 1. The number of aromatic nitrogens is 5. The smallest absolute Gasteiger partial charge is 0.204 e. The Bertz CT molecular complexity index is 1230. The van der Waals surface area contributed by atoms with Crippen molar-refractivity contribution in [1.29, 1.82) is 0 Å². The predicted molar refractivity (Wildman–Crippen MR) is 102 cm³/mol. The molecule has 5 aromatic rings. The van der Waals surface area contributed by atoms with Crippen LogP contribution in [0, 0.1) is 0 Å². The van der Waals surface area contributed by atoms with Crippen LogP contribution in [0.5, 0.6) is 5.75 Å². The maximum Gasteiger partial charge on any atom is 0.204 e. The van der Waals surface area contributed by atoms with Gasteiger partial charge in [-0.25, -0.2) is 4.98 Å². The van der Waals surface area contributed by atoms with Crippen LogP contribution in [-0.2, 0) is 0 Å². The second kappa shape index (κ2) is 5.78. The van der Waals surface area contributed by atoms with Crippen LogP contribution in [0.1, 0.15) is 0 Å². The van der Waals surface area contributed by atoms with E-state index in [1.165, 1.54) is 0 Å². The first kappa shape index (κ1) is 14.8. The normalized spacial score (nSPS) is 11.2. The highest BCUT2D eigenvalue weighted by Crippen LogP contribution is 2.36. The van der Waals surface area contributed by atoms with Crippen molar-refractivity contribution in [3.63, 3.8) is 0 Å². The third kappa shape index (κ3) is 2.44. The molecule has 3 aromatic heterocycles. The molecule has 126 valence electrons. The van der Waals surface area contributed by atoms with E-state index >= 15 is 0 Å². The number of phenols is 1. The minimum atomic E-state index is 0.205. The Morgan fingerprint density at radius 3 is 2.85 bits per heavy atom. The van der Waals surface area contributed by atoms with Gasteiger partial charge in [-0.05, 0) is 34.9 Å². The van der Waals surface area contributed by atoms with Crippen LogP contribution in [0.15, 0.2) is 53.9 Å².